The van der Waals surface area contributed by atoms with E-state index in [9.17, 15) is 0 Å². The number of hydrogen-bond acceptors (Lipinski definition) is 3. The first-order chi connectivity index (χ1) is 10.2. The summed E-state index contributed by atoms with van der Waals surface area (Å²) in [6.07, 6.45) is 4.41. The van der Waals surface area contributed by atoms with Crippen LogP contribution in [0.5, 0.6) is 5.75 Å². The fourth-order valence-electron chi connectivity index (χ4n) is 2.99. The van der Waals surface area contributed by atoms with Gasteiger partial charge in [0.2, 0.25) is 0 Å². The molecule has 0 bridgehead atoms. The molecule has 0 amide bonds. The lowest BCUT2D eigenvalue weighted by Gasteiger charge is -2.22. The second-order valence-corrected chi connectivity index (χ2v) is 5.75. The van der Waals surface area contributed by atoms with E-state index >= 15 is 0 Å². The molecule has 1 aromatic heterocycles. The number of nitrogen functional groups attached to an aromatic ring is 1. The van der Waals surface area contributed by atoms with Gasteiger partial charge in [-0.2, -0.15) is 0 Å². The molecule has 1 aliphatic rings. The Kier molecular flexibility index (Phi) is 3.86. The Hall–Kier alpha value is -1.97. The monoisotopic (exact) mass is 285 g/mol. The maximum atomic E-state index is 6.33. The van der Waals surface area contributed by atoms with Gasteiger partial charge in [-0.25, -0.2) is 4.98 Å². The lowest BCUT2D eigenvalue weighted by molar-refractivity contribution is 0.317. The van der Waals surface area contributed by atoms with E-state index < -0.39 is 0 Å². The molecule has 0 saturated heterocycles. The third kappa shape index (κ3) is 2.62. The van der Waals surface area contributed by atoms with E-state index in [2.05, 4.69) is 18.4 Å². The van der Waals surface area contributed by atoms with Crippen LogP contribution in [0.3, 0.4) is 0 Å². The summed E-state index contributed by atoms with van der Waals surface area (Å²) in [6.45, 7) is 5.07. The number of benzene rings is 1. The highest BCUT2D eigenvalue weighted by molar-refractivity contribution is 5.71. The lowest BCUT2D eigenvalue weighted by atomic mass is 10.1. The molecule has 1 unspecified atom stereocenters. The topological polar surface area (TPSA) is 53.1 Å². The Morgan fingerprint density at radius 1 is 1.33 bits per heavy atom. The number of hydrogen-bond donors (Lipinski definition) is 1. The van der Waals surface area contributed by atoms with E-state index in [0.29, 0.717) is 6.04 Å². The van der Waals surface area contributed by atoms with Crippen molar-refractivity contribution in [3.63, 3.8) is 0 Å². The number of aryl methyl sites for hydroxylation is 1. The van der Waals surface area contributed by atoms with Crippen LogP contribution < -0.4 is 10.5 Å². The van der Waals surface area contributed by atoms with E-state index in [1.807, 2.05) is 24.3 Å². The maximum Gasteiger partial charge on any atom is 0.131 e. The van der Waals surface area contributed by atoms with Crippen molar-refractivity contribution < 1.29 is 4.74 Å². The highest BCUT2D eigenvalue weighted by Crippen LogP contribution is 2.34. The molecule has 0 fully saturated rings. The second kappa shape index (κ2) is 5.80. The summed E-state index contributed by atoms with van der Waals surface area (Å²) < 4.78 is 7.81. The van der Waals surface area contributed by atoms with Gasteiger partial charge < -0.3 is 15.0 Å². The Bertz CT molecular complexity index is 616. The van der Waals surface area contributed by atoms with Crippen LogP contribution in [0.1, 0.15) is 45.0 Å². The fourth-order valence-corrected chi connectivity index (χ4v) is 2.99. The van der Waals surface area contributed by atoms with Gasteiger partial charge in [-0.3, -0.25) is 0 Å². The zero-order valence-electron chi connectivity index (χ0n) is 12.8. The van der Waals surface area contributed by atoms with E-state index in [4.69, 9.17) is 15.5 Å². The van der Waals surface area contributed by atoms with Crippen LogP contribution in [0.2, 0.25) is 0 Å². The summed E-state index contributed by atoms with van der Waals surface area (Å²) in [5.41, 5.74) is 8.30. The number of ether oxygens (including phenoxy) is 1. The Morgan fingerprint density at radius 2 is 2.10 bits per heavy atom. The van der Waals surface area contributed by atoms with Gasteiger partial charge in [0, 0.05) is 18.0 Å². The van der Waals surface area contributed by atoms with Crippen molar-refractivity contribution in [3.05, 3.63) is 30.1 Å². The number of anilines is 1. The molecule has 4 nitrogen and oxygen atoms in total. The Labute approximate surface area is 125 Å². The minimum absolute atomic E-state index is 0.446. The van der Waals surface area contributed by atoms with Crippen molar-refractivity contribution in [1.29, 1.82) is 0 Å². The predicted octanol–water partition coefficient (Wildman–Crippen LogP) is 3.82. The quantitative estimate of drug-likeness (QED) is 0.929. The SMILES string of the molecule is CCCOc1ccc(-c2nc3n(c2N)C(C)CCC3)cc1. The smallest absolute Gasteiger partial charge is 0.131 e. The van der Waals surface area contributed by atoms with Gasteiger partial charge in [0.1, 0.15) is 23.1 Å². The summed E-state index contributed by atoms with van der Waals surface area (Å²) in [7, 11) is 0. The minimum Gasteiger partial charge on any atom is -0.494 e. The van der Waals surface area contributed by atoms with Crippen LogP contribution in [0.15, 0.2) is 24.3 Å². The third-order valence-corrected chi connectivity index (χ3v) is 4.08. The van der Waals surface area contributed by atoms with E-state index in [-0.39, 0.29) is 0 Å². The Morgan fingerprint density at radius 3 is 2.76 bits per heavy atom. The number of aromatic nitrogens is 2. The average molecular weight is 285 g/mol. The fraction of sp³-hybridized carbons (Fsp3) is 0.471. The number of fused-ring (bicyclic) bond motifs is 1. The Balaban J connectivity index is 1.90. The zero-order chi connectivity index (χ0) is 14.8. The molecule has 0 saturated carbocycles. The highest BCUT2D eigenvalue weighted by atomic mass is 16.5. The number of nitrogens with two attached hydrogens (primary N) is 1. The van der Waals surface area contributed by atoms with E-state index in [0.717, 1.165) is 48.1 Å². The molecule has 2 aromatic rings. The molecule has 3 rings (SSSR count). The lowest BCUT2D eigenvalue weighted by Crippen LogP contribution is -2.16. The van der Waals surface area contributed by atoms with Crippen molar-refractivity contribution >= 4 is 5.82 Å². The molecule has 2 heterocycles. The highest BCUT2D eigenvalue weighted by Gasteiger charge is 2.23. The van der Waals surface area contributed by atoms with Gasteiger partial charge >= 0.3 is 0 Å². The van der Waals surface area contributed by atoms with Crippen LogP contribution in [-0.2, 0) is 6.42 Å². The van der Waals surface area contributed by atoms with Crippen LogP contribution in [0.4, 0.5) is 5.82 Å². The summed E-state index contributed by atoms with van der Waals surface area (Å²) >= 11 is 0. The molecule has 1 aliphatic heterocycles. The summed E-state index contributed by atoms with van der Waals surface area (Å²) in [4.78, 5) is 4.76. The maximum absolute atomic E-state index is 6.33. The van der Waals surface area contributed by atoms with Crippen LogP contribution in [0.25, 0.3) is 11.3 Å². The molecular formula is C17H23N3O. The van der Waals surface area contributed by atoms with Crippen molar-refractivity contribution in [2.45, 2.75) is 45.6 Å². The van der Waals surface area contributed by atoms with Crippen molar-refractivity contribution in [3.8, 4) is 17.0 Å². The molecule has 1 atom stereocenters. The van der Waals surface area contributed by atoms with Gasteiger partial charge in [0.15, 0.2) is 0 Å². The van der Waals surface area contributed by atoms with Crippen LogP contribution in [-0.4, -0.2) is 16.2 Å². The van der Waals surface area contributed by atoms with Gasteiger partial charge in [-0.05, 0) is 50.5 Å². The molecule has 0 aliphatic carbocycles. The molecule has 0 radical (unpaired) electrons. The van der Waals surface area contributed by atoms with Crippen LogP contribution in [0, 0.1) is 0 Å². The number of rotatable bonds is 4. The van der Waals surface area contributed by atoms with Gasteiger partial charge in [-0.1, -0.05) is 6.92 Å². The first kappa shape index (κ1) is 14.0. The summed E-state index contributed by atoms with van der Waals surface area (Å²) in [5.74, 6) is 2.81. The van der Waals surface area contributed by atoms with E-state index in [1.54, 1.807) is 0 Å². The largest absolute Gasteiger partial charge is 0.494 e. The molecule has 0 spiro atoms. The number of nitrogens with zero attached hydrogens (tertiary/aromatic N) is 2. The van der Waals surface area contributed by atoms with Gasteiger partial charge in [0.05, 0.1) is 6.61 Å². The normalized spacial score (nSPS) is 17.5. The standard InChI is InChI=1S/C17H23N3O/c1-3-11-21-14-9-7-13(8-10-14)16-17(18)20-12(2)5-4-6-15(20)19-16/h7-10,12H,3-6,11,18H2,1-2H3. The molecule has 112 valence electrons. The molecule has 21 heavy (non-hydrogen) atoms. The molecule has 1 aromatic carbocycles. The average Bonchev–Trinajstić information content (AvgIpc) is 2.84. The molecule has 2 N–H and O–H groups in total. The second-order valence-electron chi connectivity index (χ2n) is 5.75. The number of imidazole rings is 1. The first-order valence-corrected chi connectivity index (χ1v) is 7.80. The van der Waals surface area contributed by atoms with Gasteiger partial charge in [-0.15, -0.1) is 0 Å². The first-order valence-electron chi connectivity index (χ1n) is 7.80. The zero-order valence-corrected chi connectivity index (χ0v) is 12.8. The van der Waals surface area contributed by atoms with Crippen molar-refractivity contribution in [1.82, 2.24) is 9.55 Å². The summed E-state index contributed by atoms with van der Waals surface area (Å²) in [5, 5.41) is 0. The predicted molar refractivity (Wildman–Crippen MR) is 85.5 cm³/mol. The minimum atomic E-state index is 0.446. The molecular weight excluding hydrogens is 262 g/mol. The molecule has 4 heteroatoms. The summed E-state index contributed by atoms with van der Waals surface area (Å²) in [6, 6.07) is 8.52. The van der Waals surface area contributed by atoms with Crippen LogP contribution >= 0.6 is 0 Å². The van der Waals surface area contributed by atoms with Crippen molar-refractivity contribution in [2.24, 2.45) is 0 Å². The van der Waals surface area contributed by atoms with E-state index in [1.165, 1.54) is 12.8 Å². The van der Waals surface area contributed by atoms with Gasteiger partial charge in [0.25, 0.3) is 0 Å². The third-order valence-electron chi connectivity index (χ3n) is 4.08. The van der Waals surface area contributed by atoms with Crippen molar-refractivity contribution in [2.75, 3.05) is 12.3 Å².